The molecule has 0 aliphatic rings. The summed E-state index contributed by atoms with van der Waals surface area (Å²) in [7, 11) is 5.29. The quantitative estimate of drug-likeness (QED) is 0.270. The van der Waals surface area contributed by atoms with E-state index in [4.69, 9.17) is 0 Å². The van der Waals surface area contributed by atoms with Gasteiger partial charge in [0.15, 0.2) is 0 Å². The van der Waals surface area contributed by atoms with Gasteiger partial charge in [0.2, 0.25) is 0 Å². The Bertz CT molecular complexity index is 414. The van der Waals surface area contributed by atoms with Crippen LogP contribution < -0.4 is 0 Å². The molecule has 0 saturated carbocycles. The molecule has 162 valence electrons. The molecule has 0 radical (unpaired) electrons. The number of ether oxygens (including phenoxy) is 4. The summed E-state index contributed by atoms with van der Waals surface area (Å²) >= 11 is 0. The van der Waals surface area contributed by atoms with Gasteiger partial charge in [-0.2, -0.15) is 0 Å². The highest BCUT2D eigenvalue weighted by molar-refractivity contribution is 5.70. The van der Waals surface area contributed by atoms with Crippen molar-refractivity contribution in [3.63, 3.8) is 0 Å². The summed E-state index contributed by atoms with van der Waals surface area (Å²) in [5.41, 5.74) is 0. The lowest BCUT2D eigenvalue weighted by Crippen LogP contribution is -2.39. The van der Waals surface area contributed by atoms with Gasteiger partial charge in [-0.05, 0) is 0 Å². The Labute approximate surface area is 166 Å². The Morgan fingerprint density at radius 3 is 0.857 bits per heavy atom. The molecule has 0 unspecified atom stereocenters. The van der Waals surface area contributed by atoms with Crippen LogP contribution in [0.1, 0.15) is 25.7 Å². The van der Waals surface area contributed by atoms with Gasteiger partial charge in [-0.25, -0.2) is 0 Å². The van der Waals surface area contributed by atoms with Gasteiger partial charge < -0.3 is 28.7 Å². The highest BCUT2D eigenvalue weighted by Crippen LogP contribution is 2.02. The topological polar surface area (TPSA) is 112 Å². The van der Waals surface area contributed by atoms with Crippen LogP contribution in [-0.2, 0) is 38.1 Å². The molecular weight excluding hydrogens is 372 g/mol. The SMILES string of the molecule is COC(=O)CCN(CCC(=O)OC)CCN(CCC(=O)OC)CCC(=O)OC. The summed E-state index contributed by atoms with van der Waals surface area (Å²) < 4.78 is 18.6. The third-order valence-corrected chi connectivity index (χ3v) is 4.17. The van der Waals surface area contributed by atoms with Crippen LogP contribution in [0.3, 0.4) is 0 Å². The Morgan fingerprint density at radius 2 is 0.679 bits per heavy atom. The maximum atomic E-state index is 11.4. The second-order valence-electron chi connectivity index (χ2n) is 5.99. The van der Waals surface area contributed by atoms with Gasteiger partial charge in [0.25, 0.3) is 0 Å². The summed E-state index contributed by atoms with van der Waals surface area (Å²) in [4.78, 5) is 49.5. The van der Waals surface area contributed by atoms with E-state index in [-0.39, 0.29) is 49.6 Å². The molecule has 0 aromatic carbocycles. The van der Waals surface area contributed by atoms with Crippen LogP contribution in [0.25, 0.3) is 0 Å². The second kappa shape index (κ2) is 15.8. The third-order valence-electron chi connectivity index (χ3n) is 4.17. The number of carbonyl (C=O) groups is 4. The lowest BCUT2D eigenvalue weighted by molar-refractivity contribution is -0.143. The van der Waals surface area contributed by atoms with Crippen LogP contribution in [0, 0.1) is 0 Å². The molecule has 0 rings (SSSR count). The van der Waals surface area contributed by atoms with Crippen molar-refractivity contribution in [1.29, 1.82) is 0 Å². The van der Waals surface area contributed by atoms with Crippen molar-refractivity contribution in [3.05, 3.63) is 0 Å². The predicted octanol–water partition coefficient (Wildman–Crippen LogP) is -0.157. The molecule has 0 amide bonds. The van der Waals surface area contributed by atoms with E-state index in [0.717, 1.165) is 0 Å². The summed E-state index contributed by atoms with van der Waals surface area (Å²) in [6.07, 6.45) is 0.786. The van der Waals surface area contributed by atoms with Crippen LogP contribution in [0.15, 0.2) is 0 Å². The first-order valence-electron chi connectivity index (χ1n) is 9.08. The van der Waals surface area contributed by atoms with Crippen molar-refractivity contribution >= 4 is 23.9 Å². The van der Waals surface area contributed by atoms with E-state index in [1.165, 1.54) is 28.4 Å². The zero-order chi connectivity index (χ0) is 21.4. The predicted molar refractivity (Wildman–Crippen MR) is 99.4 cm³/mol. The van der Waals surface area contributed by atoms with E-state index in [1.54, 1.807) is 0 Å². The molecule has 10 nitrogen and oxygen atoms in total. The number of carbonyl (C=O) groups excluding carboxylic acids is 4. The fraction of sp³-hybridized carbons (Fsp3) is 0.778. The smallest absolute Gasteiger partial charge is 0.306 e. The van der Waals surface area contributed by atoms with Crippen molar-refractivity contribution in [2.24, 2.45) is 0 Å². The van der Waals surface area contributed by atoms with Crippen molar-refractivity contribution < 1.29 is 38.1 Å². The van der Waals surface area contributed by atoms with Gasteiger partial charge in [-0.1, -0.05) is 0 Å². The maximum Gasteiger partial charge on any atom is 0.306 e. The Balaban J connectivity index is 4.75. The van der Waals surface area contributed by atoms with Crippen LogP contribution in [0.5, 0.6) is 0 Å². The molecule has 0 saturated heterocycles. The van der Waals surface area contributed by atoms with Gasteiger partial charge >= 0.3 is 23.9 Å². The number of rotatable bonds is 15. The van der Waals surface area contributed by atoms with Crippen LogP contribution in [0.4, 0.5) is 0 Å². The van der Waals surface area contributed by atoms with Gasteiger partial charge in [0, 0.05) is 39.3 Å². The first-order valence-corrected chi connectivity index (χ1v) is 9.08. The molecule has 28 heavy (non-hydrogen) atoms. The van der Waals surface area contributed by atoms with Crippen molar-refractivity contribution in [1.82, 2.24) is 9.80 Å². The Kier molecular flexibility index (Phi) is 14.6. The van der Waals surface area contributed by atoms with Crippen LogP contribution in [0.2, 0.25) is 0 Å². The fourth-order valence-electron chi connectivity index (χ4n) is 2.36. The zero-order valence-corrected chi connectivity index (χ0v) is 17.2. The molecular formula is C18H32N2O8. The molecule has 0 atom stereocenters. The molecule has 0 fully saturated rings. The minimum absolute atomic E-state index is 0.196. The van der Waals surface area contributed by atoms with Crippen LogP contribution >= 0.6 is 0 Å². The zero-order valence-electron chi connectivity index (χ0n) is 17.2. The van der Waals surface area contributed by atoms with Gasteiger partial charge in [0.05, 0.1) is 54.1 Å². The van der Waals surface area contributed by atoms with Crippen molar-refractivity contribution in [2.45, 2.75) is 25.7 Å². The van der Waals surface area contributed by atoms with E-state index in [9.17, 15) is 19.2 Å². The van der Waals surface area contributed by atoms with Crippen LogP contribution in [-0.4, -0.2) is 101 Å². The van der Waals surface area contributed by atoms with Gasteiger partial charge in [0.1, 0.15) is 0 Å². The normalized spacial score (nSPS) is 10.6. The number of hydrogen-bond acceptors (Lipinski definition) is 10. The molecule has 10 heteroatoms. The lowest BCUT2D eigenvalue weighted by atomic mass is 10.3. The minimum atomic E-state index is -0.337. The maximum absolute atomic E-state index is 11.4. The number of esters is 4. The van der Waals surface area contributed by atoms with Crippen molar-refractivity contribution in [2.75, 3.05) is 67.7 Å². The van der Waals surface area contributed by atoms with Gasteiger partial charge in [-0.3, -0.25) is 19.2 Å². The third kappa shape index (κ3) is 13.0. The van der Waals surface area contributed by atoms with E-state index in [0.29, 0.717) is 39.3 Å². The highest BCUT2D eigenvalue weighted by Gasteiger charge is 2.15. The molecule has 0 N–H and O–H groups in total. The number of nitrogens with zero attached hydrogens (tertiary/aromatic N) is 2. The molecule has 0 aromatic heterocycles. The lowest BCUT2D eigenvalue weighted by Gasteiger charge is -2.27. The van der Waals surface area contributed by atoms with Gasteiger partial charge in [-0.15, -0.1) is 0 Å². The van der Waals surface area contributed by atoms with E-state index in [2.05, 4.69) is 18.9 Å². The van der Waals surface area contributed by atoms with E-state index < -0.39 is 0 Å². The molecule has 0 aliphatic heterocycles. The average Bonchev–Trinajstić information content (AvgIpc) is 2.72. The second-order valence-corrected chi connectivity index (χ2v) is 5.99. The van der Waals surface area contributed by atoms with E-state index >= 15 is 0 Å². The number of hydrogen-bond donors (Lipinski definition) is 0. The summed E-state index contributed by atoms with van der Waals surface area (Å²) in [6, 6.07) is 0. The standard InChI is InChI=1S/C18H32N2O8/c1-25-15(21)5-9-19(10-6-16(22)26-2)13-14-20(11-7-17(23)27-3)12-8-18(24)28-4/h5-14H2,1-4H3. The summed E-state index contributed by atoms with van der Waals surface area (Å²) in [5.74, 6) is -1.35. The summed E-state index contributed by atoms with van der Waals surface area (Å²) in [5, 5.41) is 0. The monoisotopic (exact) mass is 404 g/mol. The van der Waals surface area contributed by atoms with Crippen molar-refractivity contribution in [3.8, 4) is 0 Å². The molecule has 0 spiro atoms. The molecule has 0 aliphatic carbocycles. The number of methoxy groups -OCH3 is 4. The first kappa shape index (κ1) is 25.8. The fourth-order valence-corrected chi connectivity index (χ4v) is 2.36. The minimum Gasteiger partial charge on any atom is -0.469 e. The first-order chi connectivity index (χ1) is 13.4. The molecule has 0 bridgehead atoms. The Hall–Kier alpha value is -2.20. The average molecular weight is 404 g/mol. The van der Waals surface area contributed by atoms with E-state index in [1.807, 2.05) is 9.80 Å². The largest absolute Gasteiger partial charge is 0.469 e. The summed E-state index contributed by atoms with van der Waals surface area (Å²) in [6.45, 7) is 2.76. The Morgan fingerprint density at radius 1 is 0.464 bits per heavy atom. The molecule has 0 heterocycles. The molecule has 0 aromatic rings. The highest BCUT2D eigenvalue weighted by atomic mass is 16.5.